The highest BCUT2D eigenvalue weighted by atomic mass is 35.5. The van der Waals surface area contributed by atoms with Gasteiger partial charge in [-0.3, -0.25) is 9.59 Å². The standard InChI is InChI=1S/C20H22Cl2N2O4/c1-13(28-18-8-7-15(21)12-17(18)22)19(25)24-16-6-3-5-14(11-16)20(26)23-9-4-10-27-2/h3,5-8,11-13H,4,9-10H2,1-2H3,(H,23,26)(H,24,25). The molecule has 0 aromatic heterocycles. The number of carbonyl (C=O) groups is 2. The van der Waals surface area contributed by atoms with Crippen molar-refractivity contribution in [3.05, 3.63) is 58.1 Å². The molecule has 1 unspecified atom stereocenters. The van der Waals surface area contributed by atoms with Crippen molar-refractivity contribution in [2.24, 2.45) is 0 Å². The first-order chi connectivity index (χ1) is 13.4. The van der Waals surface area contributed by atoms with Crippen LogP contribution in [0.2, 0.25) is 10.0 Å². The summed E-state index contributed by atoms with van der Waals surface area (Å²) in [6.07, 6.45) is -0.0777. The Morgan fingerprint density at radius 3 is 2.64 bits per heavy atom. The van der Waals surface area contributed by atoms with Gasteiger partial charge in [-0.05, 0) is 49.7 Å². The molecule has 0 saturated heterocycles. The van der Waals surface area contributed by atoms with Crippen molar-refractivity contribution in [3.63, 3.8) is 0 Å². The van der Waals surface area contributed by atoms with Crippen LogP contribution in [0, 0.1) is 0 Å². The predicted octanol–water partition coefficient (Wildman–Crippen LogP) is 4.17. The lowest BCUT2D eigenvalue weighted by Crippen LogP contribution is -2.30. The molecule has 1 atom stereocenters. The number of amides is 2. The van der Waals surface area contributed by atoms with E-state index in [1.165, 1.54) is 6.07 Å². The number of anilines is 1. The number of benzene rings is 2. The summed E-state index contributed by atoms with van der Waals surface area (Å²) in [7, 11) is 1.61. The zero-order chi connectivity index (χ0) is 20.5. The summed E-state index contributed by atoms with van der Waals surface area (Å²) in [6.45, 7) is 2.69. The lowest BCUT2D eigenvalue weighted by molar-refractivity contribution is -0.122. The van der Waals surface area contributed by atoms with Crippen molar-refractivity contribution >= 4 is 40.7 Å². The smallest absolute Gasteiger partial charge is 0.265 e. The molecule has 6 nitrogen and oxygen atoms in total. The Hall–Kier alpha value is -2.28. The highest BCUT2D eigenvalue weighted by Gasteiger charge is 2.17. The van der Waals surface area contributed by atoms with Crippen LogP contribution in [0.15, 0.2) is 42.5 Å². The Balaban J connectivity index is 1.94. The lowest BCUT2D eigenvalue weighted by Gasteiger charge is -2.16. The van der Waals surface area contributed by atoms with E-state index in [0.29, 0.717) is 40.2 Å². The third-order valence-electron chi connectivity index (χ3n) is 3.77. The first-order valence-electron chi connectivity index (χ1n) is 8.70. The van der Waals surface area contributed by atoms with Crippen LogP contribution in [0.5, 0.6) is 5.75 Å². The van der Waals surface area contributed by atoms with Crippen molar-refractivity contribution < 1.29 is 19.1 Å². The molecule has 0 aliphatic rings. The largest absolute Gasteiger partial charge is 0.479 e. The molecule has 0 fully saturated rings. The van der Waals surface area contributed by atoms with Crippen LogP contribution in [0.4, 0.5) is 5.69 Å². The Labute approximate surface area is 174 Å². The SMILES string of the molecule is COCCCNC(=O)c1cccc(NC(=O)C(C)Oc2ccc(Cl)cc2Cl)c1. The first kappa shape index (κ1) is 22.0. The summed E-state index contributed by atoms with van der Waals surface area (Å²) >= 11 is 11.9. The van der Waals surface area contributed by atoms with Crippen LogP contribution in [0.1, 0.15) is 23.7 Å². The van der Waals surface area contributed by atoms with Gasteiger partial charge in [-0.15, -0.1) is 0 Å². The second kappa shape index (κ2) is 10.9. The van der Waals surface area contributed by atoms with E-state index in [1.807, 2.05) is 0 Å². The molecule has 2 aromatic rings. The maximum atomic E-state index is 12.4. The van der Waals surface area contributed by atoms with Crippen LogP contribution in [0.25, 0.3) is 0 Å². The Kier molecular flexibility index (Phi) is 8.57. The van der Waals surface area contributed by atoms with Gasteiger partial charge in [0.25, 0.3) is 11.8 Å². The number of nitrogens with one attached hydrogen (secondary N) is 2. The van der Waals surface area contributed by atoms with Gasteiger partial charge in [-0.1, -0.05) is 29.3 Å². The highest BCUT2D eigenvalue weighted by molar-refractivity contribution is 6.35. The average Bonchev–Trinajstić information content (AvgIpc) is 2.67. The monoisotopic (exact) mass is 424 g/mol. The summed E-state index contributed by atoms with van der Waals surface area (Å²) in [4.78, 5) is 24.6. The van der Waals surface area contributed by atoms with Gasteiger partial charge in [-0.2, -0.15) is 0 Å². The van der Waals surface area contributed by atoms with Crippen molar-refractivity contribution in [1.29, 1.82) is 0 Å². The molecule has 2 N–H and O–H groups in total. The molecule has 0 bridgehead atoms. The minimum Gasteiger partial charge on any atom is -0.479 e. The van der Waals surface area contributed by atoms with Crippen molar-refractivity contribution in [2.75, 3.05) is 25.6 Å². The zero-order valence-electron chi connectivity index (χ0n) is 15.6. The van der Waals surface area contributed by atoms with E-state index in [2.05, 4.69) is 10.6 Å². The fourth-order valence-electron chi connectivity index (χ4n) is 2.32. The van der Waals surface area contributed by atoms with Crippen molar-refractivity contribution in [2.45, 2.75) is 19.4 Å². The third-order valence-corrected chi connectivity index (χ3v) is 4.30. The number of halogens is 2. The Bertz CT molecular complexity index is 830. The van der Waals surface area contributed by atoms with Crippen LogP contribution in [-0.2, 0) is 9.53 Å². The molecule has 0 saturated carbocycles. The summed E-state index contributed by atoms with van der Waals surface area (Å²) in [5, 5.41) is 6.33. The van der Waals surface area contributed by atoms with Crippen LogP contribution in [0.3, 0.4) is 0 Å². The normalized spacial score (nSPS) is 11.6. The molecule has 0 radical (unpaired) electrons. The fraction of sp³-hybridized carbons (Fsp3) is 0.300. The molecule has 150 valence electrons. The molecular formula is C20H22Cl2N2O4. The van der Waals surface area contributed by atoms with Crippen molar-refractivity contribution in [3.8, 4) is 5.75 Å². The molecule has 28 heavy (non-hydrogen) atoms. The van der Waals surface area contributed by atoms with E-state index < -0.39 is 6.10 Å². The number of ether oxygens (including phenoxy) is 2. The van der Waals surface area contributed by atoms with Gasteiger partial charge < -0.3 is 20.1 Å². The van der Waals surface area contributed by atoms with Gasteiger partial charge in [0, 0.05) is 36.5 Å². The van der Waals surface area contributed by atoms with Gasteiger partial charge >= 0.3 is 0 Å². The molecule has 2 amide bonds. The summed E-state index contributed by atoms with van der Waals surface area (Å²) in [6, 6.07) is 11.4. The fourth-order valence-corrected chi connectivity index (χ4v) is 2.77. The highest BCUT2D eigenvalue weighted by Crippen LogP contribution is 2.28. The molecule has 0 heterocycles. The molecule has 0 spiro atoms. The van der Waals surface area contributed by atoms with Crippen LogP contribution in [-0.4, -0.2) is 38.2 Å². The van der Waals surface area contributed by atoms with E-state index >= 15 is 0 Å². The van der Waals surface area contributed by atoms with E-state index in [4.69, 9.17) is 32.7 Å². The number of rotatable bonds is 9. The number of methoxy groups -OCH3 is 1. The summed E-state index contributed by atoms with van der Waals surface area (Å²) in [5.74, 6) is -0.231. The lowest BCUT2D eigenvalue weighted by atomic mass is 10.2. The van der Waals surface area contributed by atoms with Gasteiger partial charge in [0.05, 0.1) is 5.02 Å². The predicted molar refractivity (Wildman–Crippen MR) is 110 cm³/mol. The van der Waals surface area contributed by atoms with Gasteiger partial charge in [0.1, 0.15) is 5.75 Å². The van der Waals surface area contributed by atoms with Crippen LogP contribution < -0.4 is 15.4 Å². The van der Waals surface area contributed by atoms with Crippen LogP contribution >= 0.6 is 23.2 Å². The molecule has 2 rings (SSSR count). The first-order valence-corrected chi connectivity index (χ1v) is 9.46. The summed E-state index contributed by atoms with van der Waals surface area (Å²) < 4.78 is 10.5. The second-order valence-corrected chi connectivity index (χ2v) is 6.85. The maximum Gasteiger partial charge on any atom is 0.265 e. The topological polar surface area (TPSA) is 76.7 Å². The van der Waals surface area contributed by atoms with Gasteiger partial charge in [0.2, 0.25) is 0 Å². The van der Waals surface area contributed by atoms with E-state index in [-0.39, 0.29) is 11.8 Å². The summed E-state index contributed by atoms with van der Waals surface area (Å²) in [5.41, 5.74) is 0.941. The van der Waals surface area contributed by atoms with Crippen molar-refractivity contribution in [1.82, 2.24) is 5.32 Å². The third kappa shape index (κ3) is 6.71. The second-order valence-electron chi connectivity index (χ2n) is 6.01. The Morgan fingerprint density at radius 1 is 1.14 bits per heavy atom. The number of hydrogen-bond acceptors (Lipinski definition) is 4. The Morgan fingerprint density at radius 2 is 1.93 bits per heavy atom. The number of hydrogen-bond donors (Lipinski definition) is 2. The van der Waals surface area contributed by atoms with Gasteiger partial charge in [0.15, 0.2) is 6.10 Å². The molecule has 8 heteroatoms. The van der Waals surface area contributed by atoms with E-state index in [0.717, 1.165) is 6.42 Å². The molecule has 2 aromatic carbocycles. The minimum absolute atomic E-state index is 0.218. The quantitative estimate of drug-likeness (QED) is 0.592. The molecule has 0 aliphatic carbocycles. The van der Waals surface area contributed by atoms with Gasteiger partial charge in [-0.25, -0.2) is 0 Å². The molecular weight excluding hydrogens is 403 g/mol. The van der Waals surface area contributed by atoms with E-state index in [1.54, 1.807) is 50.4 Å². The molecule has 0 aliphatic heterocycles. The number of carbonyl (C=O) groups excluding carboxylic acids is 2. The zero-order valence-corrected chi connectivity index (χ0v) is 17.1. The average molecular weight is 425 g/mol. The van der Waals surface area contributed by atoms with E-state index in [9.17, 15) is 9.59 Å². The minimum atomic E-state index is -0.801. The maximum absolute atomic E-state index is 12.4.